The van der Waals surface area contributed by atoms with Crippen molar-refractivity contribution in [3.8, 4) is 0 Å². The van der Waals surface area contributed by atoms with Crippen molar-refractivity contribution in [1.82, 2.24) is 9.03 Å². The fourth-order valence-electron chi connectivity index (χ4n) is 0.983. The average molecular weight is 270 g/mol. The number of nitrogens with one attached hydrogen (secondary N) is 1. The van der Waals surface area contributed by atoms with Gasteiger partial charge in [-0.3, -0.25) is 0 Å². The van der Waals surface area contributed by atoms with Gasteiger partial charge in [-0.1, -0.05) is 0 Å². The molecule has 1 amide bonds. The molecule has 0 spiro atoms. The van der Waals surface area contributed by atoms with E-state index < -0.39 is 35.6 Å². The summed E-state index contributed by atoms with van der Waals surface area (Å²) >= 11 is 0. The van der Waals surface area contributed by atoms with Gasteiger partial charge < -0.3 is 14.9 Å². The van der Waals surface area contributed by atoms with E-state index in [4.69, 9.17) is 10.2 Å². The van der Waals surface area contributed by atoms with Crippen molar-refractivity contribution in [3.63, 3.8) is 0 Å². The first-order chi connectivity index (χ1) is 7.83. The Balaban J connectivity index is 4.56. The monoisotopic (exact) mass is 270 g/mol. The number of nitrogens with zero attached hydrogens (tertiary/aromatic N) is 1. The number of hydrogen-bond acceptors (Lipinski definition) is 6. The summed E-state index contributed by atoms with van der Waals surface area (Å²) in [7, 11) is -4.10. The minimum absolute atomic E-state index is 0.217. The van der Waals surface area contributed by atoms with Crippen LogP contribution in [0.4, 0.5) is 4.79 Å². The predicted octanol–water partition coefficient (Wildman–Crippen LogP) is -1.35. The van der Waals surface area contributed by atoms with Crippen LogP contribution in [0.15, 0.2) is 0 Å². The molecule has 0 aromatic heterocycles. The van der Waals surface area contributed by atoms with Gasteiger partial charge >= 0.3 is 16.3 Å². The Morgan fingerprint density at radius 3 is 2.12 bits per heavy atom. The number of carbonyl (C=O) groups excluding carboxylic acids is 1. The summed E-state index contributed by atoms with van der Waals surface area (Å²) in [5, 5.41) is 17.3. The van der Waals surface area contributed by atoms with Gasteiger partial charge in [0.15, 0.2) is 0 Å². The normalized spacial score (nSPS) is 11.9. The zero-order valence-corrected chi connectivity index (χ0v) is 10.6. The van der Waals surface area contributed by atoms with Crippen molar-refractivity contribution >= 4 is 16.3 Å². The van der Waals surface area contributed by atoms with Crippen LogP contribution in [0, 0.1) is 0 Å². The van der Waals surface area contributed by atoms with Crippen LogP contribution in [0.5, 0.6) is 0 Å². The van der Waals surface area contributed by atoms with Crippen LogP contribution in [0.3, 0.4) is 0 Å². The first-order valence-corrected chi connectivity index (χ1v) is 6.47. The molecule has 0 unspecified atom stereocenters. The second-order valence-corrected chi connectivity index (χ2v) is 5.08. The van der Waals surface area contributed by atoms with Gasteiger partial charge in [-0.2, -0.15) is 12.7 Å². The fraction of sp³-hybridized carbons (Fsp3) is 0.875. The van der Waals surface area contributed by atoms with Gasteiger partial charge in [0.2, 0.25) is 0 Å². The lowest BCUT2D eigenvalue weighted by Crippen LogP contribution is -2.46. The maximum absolute atomic E-state index is 11.6. The van der Waals surface area contributed by atoms with Crippen LogP contribution in [0.2, 0.25) is 0 Å². The highest BCUT2D eigenvalue weighted by Gasteiger charge is 2.24. The molecule has 0 aliphatic heterocycles. The molecular weight excluding hydrogens is 252 g/mol. The van der Waals surface area contributed by atoms with Gasteiger partial charge in [-0.25, -0.2) is 9.52 Å². The van der Waals surface area contributed by atoms with Crippen LogP contribution in [0.25, 0.3) is 0 Å². The van der Waals surface area contributed by atoms with E-state index in [1.165, 1.54) is 0 Å². The van der Waals surface area contributed by atoms with Gasteiger partial charge in [0, 0.05) is 13.1 Å². The predicted molar refractivity (Wildman–Crippen MR) is 59.4 cm³/mol. The standard InChI is InChI=1S/C8H18N2O6S/c1-7(2)16-8(13)9-17(14,15)10(3-5-11)4-6-12/h7,11-12H,3-6H2,1-2H3,(H,9,13). The Kier molecular flexibility index (Phi) is 7.04. The highest BCUT2D eigenvalue weighted by atomic mass is 32.2. The smallest absolute Gasteiger partial charge is 0.422 e. The SMILES string of the molecule is CC(C)OC(=O)NS(=O)(=O)N(CCO)CCO. The zero-order chi connectivity index (χ0) is 13.5. The third kappa shape index (κ3) is 6.41. The number of aliphatic hydroxyl groups excluding tert-OH is 2. The van der Waals surface area contributed by atoms with Gasteiger partial charge in [0.1, 0.15) is 0 Å². The molecule has 8 nitrogen and oxygen atoms in total. The highest BCUT2D eigenvalue weighted by Crippen LogP contribution is 1.98. The first-order valence-electron chi connectivity index (χ1n) is 5.03. The number of amides is 1. The quantitative estimate of drug-likeness (QED) is 0.527. The van der Waals surface area contributed by atoms with E-state index in [9.17, 15) is 13.2 Å². The van der Waals surface area contributed by atoms with Crippen LogP contribution in [-0.4, -0.2) is 61.4 Å². The maximum atomic E-state index is 11.6. The summed E-state index contributed by atoms with van der Waals surface area (Å²) in [6.45, 7) is 1.88. The Bertz CT molecular complexity index is 323. The molecule has 0 saturated carbocycles. The van der Waals surface area contributed by atoms with E-state index in [2.05, 4.69) is 4.74 Å². The molecule has 0 aromatic rings. The van der Waals surface area contributed by atoms with Crippen LogP contribution in [0.1, 0.15) is 13.8 Å². The lowest BCUT2D eigenvalue weighted by Gasteiger charge is -2.20. The first kappa shape index (κ1) is 16.1. The van der Waals surface area contributed by atoms with Crippen molar-refractivity contribution < 1.29 is 28.2 Å². The van der Waals surface area contributed by atoms with E-state index in [-0.39, 0.29) is 13.1 Å². The third-order valence-corrected chi connectivity index (χ3v) is 3.06. The lowest BCUT2D eigenvalue weighted by atomic mass is 10.5. The summed E-state index contributed by atoms with van der Waals surface area (Å²) in [6, 6.07) is 0. The van der Waals surface area contributed by atoms with Crippen LogP contribution in [-0.2, 0) is 14.9 Å². The zero-order valence-electron chi connectivity index (χ0n) is 9.79. The molecule has 0 rings (SSSR count). The molecule has 0 saturated heterocycles. The topological polar surface area (TPSA) is 116 Å². The number of hydrogen-bond donors (Lipinski definition) is 3. The Morgan fingerprint density at radius 2 is 1.76 bits per heavy atom. The molecule has 0 aliphatic rings. The third-order valence-electron chi connectivity index (χ3n) is 1.59. The van der Waals surface area contributed by atoms with Crippen LogP contribution >= 0.6 is 0 Å². The number of rotatable bonds is 7. The Morgan fingerprint density at radius 1 is 1.29 bits per heavy atom. The van der Waals surface area contributed by atoms with Gasteiger partial charge in [-0.05, 0) is 13.8 Å². The molecule has 3 N–H and O–H groups in total. The number of aliphatic hydroxyl groups is 2. The summed E-state index contributed by atoms with van der Waals surface area (Å²) < 4.78 is 30.2. The van der Waals surface area contributed by atoms with Crippen molar-refractivity contribution in [2.24, 2.45) is 0 Å². The molecular formula is C8H18N2O6S. The second-order valence-electron chi connectivity index (χ2n) is 3.41. The molecule has 0 aromatic carbocycles. The molecule has 17 heavy (non-hydrogen) atoms. The fourth-order valence-corrected chi connectivity index (χ4v) is 2.02. The summed E-state index contributed by atoms with van der Waals surface area (Å²) in [6.07, 6.45) is -1.55. The van der Waals surface area contributed by atoms with E-state index in [0.717, 1.165) is 4.31 Å². The molecule has 0 fully saturated rings. The van der Waals surface area contributed by atoms with Crippen molar-refractivity contribution in [1.29, 1.82) is 0 Å². The summed E-state index contributed by atoms with van der Waals surface area (Å²) in [5.41, 5.74) is 0. The van der Waals surface area contributed by atoms with E-state index in [1.807, 2.05) is 0 Å². The molecule has 0 radical (unpaired) electrons. The molecule has 102 valence electrons. The average Bonchev–Trinajstić information content (AvgIpc) is 2.14. The summed E-state index contributed by atoms with van der Waals surface area (Å²) in [5.74, 6) is 0. The minimum Gasteiger partial charge on any atom is -0.446 e. The Labute approximate surface area is 100 Å². The van der Waals surface area contributed by atoms with Crippen molar-refractivity contribution in [3.05, 3.63) is 0 Å². The van der Waals surface area contributed by atoms with E-state index in [1.54, 1.807) is 18.6 Å². The second kappa shape index (κ2) is 7.43. The van der Waals surface area contributed by atoms with Gasteiger partial charge in [0.25, 0.3) is 0 Å². The number of carbonyl (C=O) groups is 1. The van der Waals surface area contributed by atoms with Crippen molar-refractivity contribution in [2.75, 3.05) is 26.3 Å². The minimum atomic E-state index is -4.10. The largest absolute Gasteiger partial charge is 0.446 e. The molecule has 0 heterocycles. The van der Waals surface area contributed by atoms with E-state index >= 15 is 0 Å². The molecule has 0 bridgehead atoms. The highest BCUT2D eigenvalue weighted by molar-refractivity contribution is 7.87. The summed E-state index contributed by atoms with van der Waals surface area (Å²) in [4.78, 5) is 11.1. The van der Waals surface area contributed by atoms with Crippen LogP contribution < -0.4 is 4.72 Å². The number of ether oxygens (including phenoxy) is 1. The Hall–Kier alpha value is -0.900. The lowest BCUT2D eigenvalue weighted by molar-refractivity contribution is 0.120. The van der Waals surface area contributed by atoms with Crippen molar-refractivity contribution in [2.45, 2.75) is 20.0 Å². The molecule has 0 aliphatic carbocycles. The van der Waals surface area contributed by atoms with Gasteiger partial charge in [-0.15, -0.1) is 0 Å². The molecule has 0 atom stereocenters. The molecule has 9 heteroatoms. The maximum Gasteiger partial charge on any atom is 0.422 e. The van der Waals surface area contributed by atoms with Gasteiger partial charge in [0.05, 0.1) is 19.3 Å². The van der Waals surface area contributed by atoms with E-state index in [0.29, 0.717) is 0 Å².